The van der Waals surface area contributed by atoms with Gasteiger partial charge in [0.25, 0.3) is 5.91 Å². The minimum atomic E-state index is -0.0988. The predicted octanol–water partition coefficient (Wildman–Crippen LogP) is 5.19. The molecule has 3 aromatic rings. The maximum atomic E-state index is 12.3. The zero-order valence-electron chi connectivity index (χ0n) is 13.9. The van der Waals surface area contributed by atoms with Gasteiger partial charge in [-0.2, -0.15) is 0 Å². The Bertz CT molecular complexity index is 820. The number of benzene rings is 2. The molecule has 0 aliphatic rings. The second-order valence-corrected chi connectivity index (χ2v) is 6.50. The number of amides is 1. The molecule has 0 bridgehead atoms. The molecule has 0 spiro atoms. The molecular formula is C20H20N2OS. The number of carbonyl (C=O) groups is 1. The van der Waals surface area contributed by atoms with Crippen LogP contribution in [0.3, 0.4) is 0 Å². The normalized spacial score (nSPS) is 10.6. The van der Waals surface area contributed by atoms with Crippen molar-refractivity contribution >= 4 is 22.9 Å². The first kappa shape index (κ1) is 16.4. The van der Waals surface area contributed by atoms with Crippen molar-refractivity contribution in [1.82, 2.24) is 4.98 Å². The summed E-state index contributed by atoms with van der Waals surface area (Å²) in [5.41, 5.74) is 4.72. The van der Waals surface area contributed by atoms with Crippen LogP contribution in [0.1, 0.15) is 34.8 Å². The van der Waals surface area contributed by atoms with Crippen LogP contribution in [0.2, 0.25) is 0 Å². The molecule has 2 aromatic carbocycles. The number of hydrogen-bond acceptors (Lipinski definition) is 3. The SMILES string of the molecule is CCc1ccc(NC(=O)c2ccc(-c3csc(CC)n3)cc2)cc1. The lowest BCUT2D eigenvalue weighted by molar-refractivity contribution is 0.102. The maximum absolute atomic E-state index is 12.3. The molecule has 0 radical (unpaired) electrons. The van der Waals surface area contributed by atoms with Crippen molar-refractivity contribution in [2.45, 2.75) is 26.7 Å². The van der Waals surface area contributed by atoms with Gasteiger partial charge in [-0.3, -0.25) is 4.79 Å². The Morgan fingerprint density at radius 1 is 1.00 bits per heavy atom. The second kappa shape index (κ2) is 7.41. The van der Waals surface area contributed by atoms with Crippen LogP contribution in [-0.2, 0) is 12.8 Å². The fraction of sp³-hybridized carbons (Fsp3) is 0.200. The van der Waals surface area contributed by atoms with Gasteiger partial charge in [-0.15, -0.1) is 11.3 Å². The van der Waals surface area contributed by atoms with Gasteiger partial charge in [-0.05, 0) is 42.7 Å². The van der Waals surface area contributed by atoms with E-state index in [9.17, 15) is 4.79 Å². The van der Waals surface area contributed by atoms with Crippen molar-refractivity contribution in [3.63, 3.8) is 0 Å². The zero-order chi connectivity index (χ0) is 16.9. The fourth-order valence-corrected chi connectivity index (χ4v) is 3.18. The highest BCUT2D eigenvalue weighted by atomic mass is 32.1. The smallest absolute Gasteiger partial charge is 0.255 e. The Labute approximate surface area is 146 Å². The van der Waals surface area contributed by atoms with Crippen molar-refractivity contribution in [1.29, 1.82) is 0 Å². The first-order valence-electron chi connectivity index (χ1n) is 8.14. The summed E-state index contributed by atoms with van der Waals surface area (Å²) < 4.78 is 0. The van der Waals surface area contributed by atoms with Crippen LogP contribution in [0, 0.1) is 0 Å². The molecule has 0 saturated heterocycles. The van der Waals surface area contributed by atoms with Crippen molar-refractivity contribution in [2.24, 2.45) is 0 Å². The average molecular weight is 336 g/mol. The molecule has 122 valence electrons. The molecule has 1 aromatic heterocycles. The van der Waals surface area contributed by atoms with Gasteiger partial charge < -0.3 is 5.32 Å². The van der Waals surface area contributed by atoms with E-state index in [0.717, 1.165) is 34.8 Å². The fourth-order valence-electron chi connectivity index (χ4n) is 2.43. The van der Waals surface area contributed by atoms with Crippen LogP contribution >= 0.6 is 11.3 Å². The molecule has 1 N–H and O–H groups in total. The standard InChI is InChI=1S/C20H20N2OS/c1-3-14-5-11-17(12-6-14)21-20(23)16-9-7-15(8-10-16)18-13-24-19(4-2)22-18/h5-13H,3-4H2,1-2H3,(H,21,23). The summed E-state index contributed by atoms with van der Waals surface area (Å²) in [4.78, 5) is 16.9. The quantitative estimate of drug-likeness (QED) is 0.697. The van der Waals surface area contributed by atoms with E-state index in [0.29, 0.717) is 5.56 Å². The summed E-state index contributed by atoms with van der Waals surface area (Å²) in [5.74, 6) is -0.0988. The number of aromatic nitrogens is 1. The van der Waals surface area contributed by atoms with Crippen molar-refractivity contribution in [3.8, 4) is 11.3 Å². The minimum Gasteiger partial charge on any atom is -0.322 e. The first-order valence-corrected chi connectivity index (χ1v) is 9.02. The van der Waals surface area contributed by atoms with Gasteiger partial charge in [0, 0.05) is 22.2 Å². The molecule has 3 rings (SSSR count). The molecule has 0 unspecified atom stereocenters. The van der Waals surface area contributed by atoms with E-state index in [1.807, 2.05) is 48.5 Å². The summed E-state index contributed by atoms with van der Waals surface area (Å²) in [6.07, 6.45) is 1.94. The summed E-state index contributed by atoms with van der Waals surface area (Å²) in [7, 11) is 0. The van der Waals surface area contributed by atoms with Crippen molar-refractivity contribution in [2.75, 3.05) is 5.32 Å². The van der Waals surface area contributed by atoms with Gasteiger partial charge >= 0.3 is 0 Å². The van der Waals surface area contributed by atoms with E-state index in [-0.39, 0.29) is 5.91 Å². The van der Waals surface area contributed by atoms with E-state index in [2.05, 4.69) is 29.5 Å². The first-order chi connectivity index (χ1) is 11.7. The summed E-state index contributed by atoms with van der Waals surface area (Å²) in [6, 6.07) is 15.5. The Kier molecular flexibility index (Phi) is 5.06. The van der Waals surface area contributed by atoms with Gasteiger partial charge in [-0.25, -0.2) is 4.98 Å². The second-order valence-electron chi connectivity index (χ2n) is 5.56. The van der Waals surface area contributed by atoms with Gasteiger partial charge in [0.15, 0.2) is 0 Å². The highest BCUT2D eigenvalue weighted by Gasteiger charge is 2.08. The Morgan fingerprint density at radius 3 is 2.29 bits per heavy atom. The third-order valence-electron chi connectivity index (χ3n) is 3.92. The molecular weight excluding hydrogens is 316 g/mol. The Morgan fingerprint density at radius 2 is 1.71 bits per heavy atom. The van der Waals surface area contributed by atoms with E-state index in [4.69, 9.17) is 0 Å². The van der Waals surface area contributed by atoms with E-state index >= 15 is 0 Å². The van der Waals surface area contributed by atoms with E-state index < -0.39 is 0 Å². The molecule has 0 aliphatic carbocycles. The van der Waals surface area contributed by atoms with Crippen LogP contribution in [0.15, 0.2) is 53.9 Å². The van der Waals surface area contributed by atoms with Gasteiger partial charge in [-0.1, -0.05) is 38.1 Å². The van der Waals surface area contributed by atoms with Crippen LogP contribution in [0.4, 0.5) is 5.69 Å². The highest BCUT2D eigenvalue weighted by Crippen LogP contribution is 2.23. The molecule has 24 heavy (non-hydrogen) atoms. The summed E-state index contributed by atoms with van der Waals surface area (Å²) in [5, 5.41) is 6.12. The zero-order valence-corrected chi connectivity index (χ0v) is 14.7. The maximum Gasteiger partial charge on any atom is 0.255 e. The largest absolute Gasteiger partial charge is 0.322 e. The third-order valence-corrected chi connectivity index (χ3v) is 4.91. The van der Waals surface area contributed by atoms with Gasteiger partial charge in [0.1, 0.15) is 0 Å². The number of nitrogens with one attached hydrogen (secondary N) is 1. The van der Waals surface area contributed by atoms with E-state index in [1.54, 1.807) is 11.3 Å². The molecule has 0 aliphatic heterocycles. The monoisotopic (exact) mass is 336 g/mol. The number of anilines is 1. The number of carbonyl (C=O) groups excluding carboxylic acids is 1. The topological polar surface area (TPSA) is 42.0 Å². The highest BCUT2D eigenvalue weighted by molar-refractivity contribution is 7.09. The van der Waals surface area contributed by atoms with Gasteiger partial charge in [0.2, 0.25) is 0 Å². The predicted molar refractivity (Wildman–Crippen MR) is 101 cm³/mol. The summed E-state index contributed by atoms with van der Waals surface area (Å²) >= 11 is 1.67. The molecule has 3 nitrogen and oxygen atoms in total. The molecule has 1 heterocycles. The van der Waals surface area contributed by atoms with Crippen molar-refractivity contribution < 1.29 is 4.79 Å². The van der Waals surface area contributed by atoms with Crippen LogP contribution < -0.4 is 5.32 Å². The molecule has 4 heteroatoms. The Balaban J connectivity index is 1.71. The van der Waals surface area contributed by atoms with E-state index in [1.165, 1.54) is 5.56 Å². The van der Waals surface area contributed by atoms with Crippen molar-refractivity contribution in [3.05, 3.63) is 70.0 Å². The van der Waals surface area contributed by atoms with Crippen LogP contribution in [0.25, 0.3) is 11.3 Å². The lowest BCUT2D eigenvalue weighted by atomic mass is 10.1. The molecule has 1 amide bonds. The number of hydrogen-bond donors (Lipinski definition) is 1. The minimum absolute atomic E-state index is 0.0988. The Hall–Kier alpha value is -2.46. The number of aryl methyl sites for hydroxylation is 2. The average Bonchev–Trinajstić information content (AvgIpc) is 3.11. The third kappa shape index (κ3) is 3.71. The number of rotatable bonds is 5. The molecule has 0 atom stereocenters. The number of thiazole rings is 1. The van der Waals surface area contributed by atoms with Crippen LogP contribution in [-0.4, -0.2) is 10.9 Å². The molecule has 0 saturated carbocycles. The van der Waals surface area contributed by atoms with Gasteiger partial charge in [0.05, 0.1) is 10.7 Å². The summed E-state index contributed by atoms with van der Waals surface area (Å²) in [6.45, 7) is 4.21. The van der Waals surface area contributed by atoms with Crippen LogP contribution in [0.5, 0.6) is 0 Å². The molecule has 0 fully saturated rings. The lowest BCUT2D eigenvalue weighted by Gasteiger charge is -2.06. The lowest BCUT2D eigenvalue weighted by Crippen LogP contribution is -2.11. The number of nitrogens with zero attached hydrogens (tertiary/aromatic N) is 1.